The molecular formula is C18H24N4O3. The van der Waals surface area contributed by atoms with Gasteiger partial charge in [0.2, 0.25) is 0 Å². The fourth-order valence-corrected chi connectivity index (χ4v) is 3.00. The van der Waals surface area contributed by atoms with Crippen molar-refractivity contribution in [2.24, 2.45) is 0 Å². The minimum atomic E-state index is -0.0958. The van der Waals surface area contributed by atoms with E-state index in [0.29, 0.717) is 24.5 Å². The van der Waals surface area contributed by atoms with Gasteiger partial charge in [0.25, 0.3) is 0 Å². The minimum Gasteiger partial charge on any atom is -0.495 e. The number of anilines is 1. The molecule has 1 N–H and O–H groups in total. The lowest BCUT2D eigenvalue weighted by atomic mass is 10.2. The van der Waals surface area contributed by atoms with Crippen molar-refractivity contribution < 1.29 is 14.1 Å². The van der Waals surface area contributed by atoms with E-state index in [9.17, 15) is 4.79 Å². The Bertz CT molecular complexity index is 716. The van der Waals surface area contributed by atoms with Crippen LogP contribution in [0.5, 0.6) is 5.75 Å². The largest absolute Gasteiger partial charge is 0.495 e. The van der Waals surface area contributed by atoms with Gasteiger partial charge >= 0.3 is 6.03 Å². The van der Waals surface area contributed by atoms with Crippen LogP contribution in [-0.4, -0.2) is 54.3 Å². The molecule has 2 amide bonds. The van der Waals surface area contributed by atoms with E-state index >= 15 is 0 Å². The van der Waals surface area contributed by atoms with Crippen LogP contribution in [0.25, 0.3) is 0 Å². The van der Waals surface area contributed by atoms with E-state index in [-0.39, 0.29) is 6.03 Å². The number of carbonyl (C=O) groups excluding carboxylic acids is 1. The summed E-state index contributed by atoms with van der Waals surface area (Å²) in [6.45, 7) is 7.72. The van der Waals surface area contributed by atoms with Crippen molar-refractivity contribution in [1.29, 1.82) is 0 Å². The lowest BCUT2D eigenvalue weighted by molar-refractivity contribution is 0.142. The molecule has 1 aromatic carbocycles. The highest BCUT2D eigenvalue weighted by Crippen LogP contribution is 2.23. The van der Waals surface area contributed by atoms with E-state index in [0.717, 1.165) is 36.7 Å². The number of hydrogen-bond donors (Lipinski definition) is 1. The summed E-state index contributed by atoms with van der Waals surface area (Å²) in [6.07, 6.45) is 0. The number of aromatic nitrogens is 1. The SMILES string of the molecule is COc1ccccc1NC(=O)N1CCN(Cc2c(C)noc2C)CC1. The lowest BCUT2D eigenvalue weighted by Gasteiger charge is -2.34. The van der Waals surface area contributed by atoms with Gasteiger partial charge in [-0.15, -0.1) is 0 Å². The fraction of sp³-hybridized carbons (Fsp3) is 0.444. The number of nitrogens with zero attached hydrogens (tertiary/aromatic N) is 3. The second kappa shape index (κ2) is 7.57. The molecule has 0 saturated carbocycles. The topological polar surface area (TPSA) is 70.8 Å². The summed E-state index contributed by atoms with van der Waals surface area (Å²) in [5.74, 6) is 1.53. The quantitative estimate of drug-likeness (QED) is 0.923. The number of rotatable bonds is 4. The summed E-state index contributed by atoms with van der Waals surface area (Å²) in [5, 5.41) is 6.93. The summed E-state index contributed by atoms with van der Waals surface area (Å²) in [6, 6.07) is 7.32. The zero-order valence-electron chi connectivity index (χ0n) is 14.9. The summed E-state index contributed by atoms with van der Waals surface area (Å²) in [5.41, 5.74) is 2.77. The first kappa shape index (κ1) is 17.3. The Labute approximate surface area is 147 Å². The van der Waals surface area contributed by atoms with E-state index in [1.54, 1.807) is 7.11 Å². The Balaban J connectivity index is 1.54. The zero-order valence-corrected chi connectivity index (χ0v) is 14.9. The highest BCUT2D eigenvalue weighted by Gasteiger charge is 2.23. The number of benzene rings is 1. The highest BCUT2D eigenvalue weighted by atomic mass is 16.5. The first-order valence-corrected chi connectivity index (χ1v) is 8.41. The second-order valence-electron chi connectivity index (χ2n) is 6.20. The van der Waals surface area contributed by atoms with Crippen molar-refractivity contribution in [2.75, 3.05) is 38.6 Å². The van der Waals surface area contributed by atoms with Crippen LogP contribution in [0.1, 0.15) is 17.0 Å². The summed E-state index contributed by atoms with van der Waals surface area (Å²) in [4.78, 5) is 16.6. The first-order valence-electron chi connectivity index (χ1n) is 8.41. The van der Waals surface area contributed by atoms with Gasteiger partial charge in [-0.05, 0) is 26.0 Å². The number of piperazine rings is 1. The Kier molecular flexibility index (Phi) is 5.23. The van der Waals surface area contributed by atoms with Crippen LogP contribution in [-0.2, 0) is 6.54 Å². The van der Waals surface area contributed by atoms with Crippen molar-refractivity contribution in [1.82, 2.24) is 15.0 Å². The molecule has 25 heavy (non-hydrogen) atoms. The number of urea groups is 1. The van der Waals surface area contributed by atoms with Crippen LogP contribution in [0.2, 0.25) is 0 Å². The summed E-state index contributed by atoms with van der Waals surface area (Å²) >= 11 is 0. The maximum Gasteiger partial charge on any atom is 0.322 e. The lowest BCUT2D eigenvalue weighted by Crippen LogP contribution is -2.49. The van der Waals surface area contributed by atoms with E-state index in [4.69, 9.17) is 9.26 Å². The average Bonchev–Trinajstić information content (AvgIpc) is 2.94. The van der Waals surface area contributed by atoms with Gasteiger partial charge < -0.3 is 19.5 Å². The minimum absolute atomic E-state index is 0.0958. The van der Waals surface area contributed by atoms with Crippen molar-refractivity contribution in [3.63, 3.8) is 0 Å². The normalized spacial score (nSPS) is 15.2. The monoisotopic (exact) mass is 344 g/mol. The van der Waals surface area contributed by atoms with E-state index in [1.807, 2.05) is 43.0 Å². The van der Waals surface area contributed by atoms with Crippen molar-refractivity contribution >= 4 is 11.7 Å². The first-order chi connectivity index (χ1) is 12.1. The van der Waals surface area contributed by atoms with Crippen LogP contribution in [0.15, 0.2) is 28.8 Å². The van der Waals surface area contributed by atoms with E-state index in [2.05, 4.69) is 15.4 Å². The van der Waals surface area contributed by atoms with Gasteiger partial charge in [-0.25, -0.2) is 4.79 Å². The third kappa shape index (κ3) is 3.93. The fourth-order valence-electron chi connectivity index (χ4n) is 3.00. The smallest absolute Gasteiger partial charge is 0.322 e. The molecule has 1 aliphatic rings. The zero-order chi connectivity index (χ0) is 17.8. The van der Waals surface area contributed by atoms with Gasteiger partial charge in [-0.3, -0.25) is 4.90 Å². The van der Waals surface area contributed by atoms with E-state index in [1.165, 1.54) is 0 Å². The number of amides is 2. The molecule has 0 bridgehead atoms. The van der Waals surface area contributed by atoms with Crippen LogP contribution in [0.4, 0.5) is 10.5 Å². The molecule has 1 saturated heterocycles. The molecule has 2 aromatic rings. The Morgan fingerprint density at radius 1 is 1.24 bits per heavy atom. The summed E-state index contributed by atoms with van der Waals surface area (Å²) < 4.78 is 10.5. The number of methoxy groups -OCH3 is 1. The Hall–Kier alpha value is -2.54. The second-order valence-corrected chi connectivity index (χ2v) is 6.20. The predicted molar refractivity (Wildman–Crippen MR) is 94.8 cm³/mol. The summed E-state index contributed by atoms with van der Waals surface area (Å²) in [7, 11) is 1.60. The van der Waals surface area contributed by atoms with Gasteiger partial charge in [0.15, 0.2) is 0 Å². The molecule has 0 radical (unpaired) electrons. The Morgan fingerprint density at radius 2 is 1.96 bits per heavy atom. The van der Waals surface area contributed by atoms with Crippen molar-refractivity contribution in [3.8, 4) is 5.75 Å². The number of hydrogen-bond acceptors (Lipinski definition) is 5. The van der Waals surface area contributed by atoms with Crippen molar-refractivity contribution in [2.45, 2.75) is 20.4 Å². The number of aryl methyl sites for hydroxylation is 2. The number of ether oxygens (including phenoxy) is 1. The van der Waals surface area contributed by atoms with Gasteiger partial charge in [-0.1, -0.05) is 17.3 Å². The molecular weight excluding hydrogens is 320 g/mol. The molecule has 7 nitrogen and oxygen atoms in total. The van der Waals surface area contributed by atoms with Gasteiger partial charge in [-0.2, -0.15) is 0 Å². The molecule has 7 heteroatoms. The molecule has 3 rings (SSSR count). The van der Waals surface area contributed by atoms with Crippen LogP contribution < -0.4 is 10.1 Å². The molecule has 0 aliphatic carbocycles. The molecule has 0 atom stereocenters. The molecule has 1 aromatic heterocycles. The van der Waals surface area contributed by atoms with Crippen LogP contribution in [0, 0.1) is 13.8 Å². The third-order valence-corrected chi connectivity index (χ3v) is 4.57. The molecule has 134 valence electrons. The Morgan fingerprint density at radius 3 is 2.60 bits per heavy atom. The maximum absolute atomic E-state index is 12.5. The molecule has 1 fully saturated rings. The standard InChI is InChI=1S/C18H24N4O3/c1-13-15(14(2)25-20-13)12-21-8-10-22(11-9-21)18(23)19-16-6-4-5-7-17(16)24-3/h4-7H,8-12H2,1-3H3,(H,19,23). The van der Waals surface area contributed by atoms with E-state index < -0.39 is 0 Å². The van der Waals surface area contributed by atoms with Crippen molar-refractivity contribution in [3.05, 3.63) is 41.3 Å². The molecule has 1 aliphatic heterocycles. The van der Waals surface area contributed by atoms with Gasteiger partial charge in [0.1, 0.15) is 11.5 Å². The van der Waals surface area contributed by atoms with Gasteiger partial charge in [0, 0.05) is 38.3 Å². The highest BCUT2D eigenvalue weighted by molar-refractivity contribution is 5.91. The van der Waals surface area contributed by atoms with Crippen LogP contribution in [0.3, 0.4) is 0 Å². The van der Waals surface area contributed by atoms with Crippen LogP contribution >= 0.6 is 0 Å². The molecule has 0 unspecified atom stereocenters. The molecule has 0 spiro atoms. The average molecular weight is 344 g/mol. The maximum atomic E-state index is 12.5. The third-order valence-electron chi connectivity index (χ3n) is 4.57. The number of para-hydroxylation sites is 2. The number of carbonyl (C=O) groups is 1. The number of nitrogens with one attached hydrogen (secondary N) is 1. The van der Waals surface area contributed by atoms with Gasteiger partial charge in [0.05, 0.1) is 18.5 Å². The molecule has 2 heterocycles. The predicted octanol–water partition coefficient (Wildman–Crippen LogP) is 2.65.